The van der Waals surface area contributed by atoms with E-state index in [9.17, 15) is 17.6 Å². The van der Waals surface area contributed by atoms with Crippen LogP contribution in [0.2, 0.25) is 0 Å². The van der Waals surface area contributed by atoms with Crippen molar-refractivity contribution >= 4 is 27.3 Å². The quantitative estimate of drug-likeness (QED) is 0.656. The van der Waals surface area contributed by atoms with Gasteiger partial charge in [0.2, 0.25) is 15.9 Å². The van der Waals surface area contributed by atoms with Crippen molar-refractivity contribution < 1.29 is 17.6 Å². The summed E-state index contributed by atoms with van der Waals surface area (Å²) >= 11 is 0. The van der Waals surface area contributed by atoms with Crippen LogP contribution < -0.4 is 10.2 Å². The van der Waals surface area contributed by atoms with Gasteiger partial charge < -0.3 is 10.2 Å². The highest BCUT2D eigenvalue weighted by molar-refractivity contribution is 7.89. The van der Waals surface area contributed by atoms with Gasteiger partial charge in [-0.15, -0.1) is 0 Å². The molecule has 8 nitrogen and oxygen atoms in total. The zero-order valence-corrected chi connectivity index (χ0v) is 20.6. The van der Waals surface area contributed by atoms with Gasteiger partial charge in [0.25, 0.3) is 0 Å². The van der Waals surface area contributed by atoms with Crippen LogP contribution in [0.3, 0.4) is 0 Å². The van der Waals surface area contributed by atoms with Gasteiger partial charge in [0, 0.05) is 45.0 Å². The fourth-order valence-electron chi connectivity index (χ4n) is 4.58. The van der Waals surface area contributed by atoms with Gasteiger partial charge in [-0.25, -0.2) is 12.8 Å². The molecule has 35 heavy (non-hydrogen) atoms. The van der Waals surface area contributed by atoms with Crippen molar-refractivity contribution in [2.24, 2.45) is 0 Å². The standard InChI is InChI=1S/C25H30FN5O3S/c1-19(29-12-14-30(15-13-29)24-9-8-20(18-27)16-23(24)26)25(32)28-21-6-5-7-22(17-21)35(33,34)31-10-3-2-4-11-31/h5-9,16-17,19H,2-4,10-15H2,1H3,(H,28,32). The van der Waals surface area contributed by atoms with E-state index in [0.29, 0.717) is 50.6 Å². The summed E-state index contributed by atoms with van der Waals surface area (Å²) in [5, 5.41) is 11.8. The van der Waals surface area contributed by atoms with Gasteiger partial charge in [-0.3, -0.25) is 9.69 Å². The molecule has 2 fully saturated rings. The number of carbonyl (C=O) groups excluding carboxylic acids is 1. The maximum Gasteiger partial charge on any atom is 0.243 e. The number of nitrogens with one attached hydrogen (secondary N) is 1. The summed E-state index contributed by atoms with van der Waals surface area (Å²) < 4.78 is 41.8. The third kappa shape index (κ3) is 5.64. The van der Waals surface area contributed by atoms with Crippen LogP contribution in [-0.2, 0) is 14.8 Å². The Labute approximate surface area is 206 Å². The number of benzene rings is 2. The molecule has 0 aliphatic carbocycles. The van der Waals surface area contributed by atoms with Gasteiger partial charge in [-0.2, -0.15) is 9.57 Å². The van der Waals surface area contributed by atoms with Crippen molar-refractivity contribution in [2.75, 3.05) is 49.5 Å². The maximum atomic E-state index is 14.4. The number of piperidine rings is 1. The van der Waals surface area contributed by atoms with Crippen molar-refractivity contribution in [2.45, 2.75) is 37.1 Å². The average Bonchev–Trinajstić information content (AvgIpc) is 2.89. The second-order valence-corrected chi connectivity index (χ2v) is 10.9. The smallest absolute Gasteiger partial charge is 0.243 e. The minimum Gasteiger partial charge on any atom is -0.367 e. The van der Waals surface area contributed by atoms with Gasteiger partial charge in [0.15, 0.2) is 0 Å². The normalized spacial score (nSPS) is 18.6. The van der Waals surface area contributed by atoms with Crippen LogP contribution in [0.4, 0.5) is 15.8 Å². The summed E-state index contributed by atoms with van der Waals surface area (Å²) in [6, 6.07) is 12.3. The van der Waals surface area contributed by atoms with Crippen molar-refractivity contribution in [3.05, 3.63) is 53.8 Å². The molecule has 2 saturated heterocycles. The zero-order valence-electron chi connectivity index (χ0n) is 19.8. The fraction of sp³-hybridized carbons (Fsp3) is 0.440. The summed E-state index contributed by atoms with van der Waals surface area (Å²) in [5.41, 5.74) is 1.17. The number of amides is 1. The van der Waals surface area contributed by atoms with E-state index in [4.69, 9.17) is 5.26 Å². The molecule has 1 N–H and O–H groups in total. The number of hydrogen-bond acceptors (Lipinski definition) is 6. The second kappa shape index (κ2) is 10.7. The molecular formula is C25H30FN5O3S. The Balaban J connectivity index is 1.36. The van der Waals surface area contributed by atoms with Crippen LogP contribution >= 0.6 is 0 Å². The van der Waals surface area contributed by atoms with Crippen molar-refractivity contribution in [1.82, 2.24) is 9.21 Å². The van der Waals surface area contributed by atoms with Gasteiger partial charge in [0.05, 0.1) is 28.3 Å². The van der Waals surface area contributed by atoms with Crippen molar-refractivity contribution in [3.63, 3.8) is 0 Å². The van der Waals surface area contributed by atoms with Crippen LogP contribution in [0.15, 0.2) is 47.4 Å². The first-order chi connectivity index (χ1) is 16.8. The Hall–Kier alpha value is -3.00. The zero-order chi connectivity index (χ0) is 25.0. The number of halogens is 1. The van der Waals surface area contributed by atoms with E-state index in [1.807, 2.05) is 22.8 Å². The number of anilines is 2. The van der Waals surface area contributed by atoms with Crippen LogP contribution in [0, 0.1) is 17.1 Å². The molecule has 0 bridgehead atoms. The Bertz CT molecular complexity index is 1220. The molecule has 186 valence electrons. The third-order valence-electron chi connectivity index (χ3n) is 6.71. The lowest BCUT2D eigenvalue weighted by molar-refractivity contribution is -0.120. The largest absolute Gasteiger partial charge is 0.367 e. The van der Waals surface area contributed by atoms with Crippen molar-refractivity contribution in [3.8, 4) is 6.07 Å². The van der Waals surface area contributed by atoms with Gasteiger partial charge >= 0.3 is 0 Å². The molecule has 0 radical (unpaired) electrons. The summed E-state index contributed by atoms with van der Waals surface area (Å²) in [6.45, 7) is 5.08. The Morgan fingerprint density at radius 2 is 1.74 bits per heavy atom. The molecule has 0 aromatic heterocycles. The number of sulfonamides is 1. The molecule has 2 heterocycles. The number of nitriles is 1. The highest BCUT2D eigenvalue weighted by atomic mass is 32.2. The Morgan fingerprint density at radius 1 is 1.03 bits per heavy atom. The van der Waals surface area contributed by atoms with Crippen LogP contribution in [0.5, 0.6) is 0 Å². The molecule has 4 rings (SSSR count). The molecular weight excluding hydrogens is 469 g/mol. The molecule has 2 aliphatic heterocycles. The van der Waals surface area contributed by atoms with E-state index >= 15 is 0 Å². The number of rotatable bonds is 6. The fourth-order valence-corrected chi connectivity index (χ4v) is 6.15. The van der Waals surface area contributed by atoms with E-state index in [2.05, 4.69) is 5.32 Å². The molecule has 2 aromatic rings. The van der Waals surface area contributed by atoms with Gasteiger partial charge in [-0.1, -0.05) is 12.5 Å². The maximum absolute atomic E-state index is 14.4. The number of hydrogen-bond donors (Lipinski definition) is 1. The molecule has 1 unspecified atom stereocenters. The van der Waals surface area contributed by atoms with Crippen LogP contribution in [-0.4, -0.2) is 68.8 Å². The van der Waals surface area contributed by atoms with Crippen LogP contribution in [0.25, 0.3) is 0 Å². The summed E-state index contributed by atoms with van der Waals surface area (Å²) in [6.07, 6.45) is 2.76. The highest BCUT2D eigenvalue weighted by Gasteiger charge is 2.28. The molecule has 0 spiro atoms. The Morgan fingerprint density at radius 3 is 2.40 bits per heavy atom. The predicted molar refractivity (Wildman–Crippen MR) is 132 cm³/mol. The topological polar surface area (TPSA) is 96.8 Å². The van der Waals surface area contributed by atoms with Gasteiger partial charge in [0.1, 0.15) is 5.82 Å². The lowest BCUT2D eigenvalue weighted by Crippen LogP contribution is -2.53. The third-order valence-corrected chi connectivity index (χ3v) is 8.61. The number of piperazine rings is 1. The predicted octanol–water partition coefficient (Wildman–Crippen LogP) is 3.02. The van der Waals surface area contributed by atoms with E-state index in [1.54, 1.807) is 30.3 Å². The summed E-state index contributed by atoms with van der Waals surface area (Å²) in [5.74, 6) is -0.654. The second-order valence-electron chi connectivity index (χ2n) is 8.96. The highest BCUT2D eigenvalue weighted by Crippen LogP contribution is 2.24. The first kappa shape index (κ1) is 25.1. The lowest BCUT2D eigenvalue weighted by Gasteiger charge is -2.38. The summed E-state index contributed by atoms with van der Waals surface area (Å²) in [4.78, 5) is 17.0. The molecule has 1 amide bonds. The van der Waals surface area contributed by atoms with Gasteiger partial charge in [-0.05, 0) is 56.2 Å². The van der Waals surface area contributed by atoms with E-state index < -0.39 is 21.9 Å². The minimum atomic E-state index is -3.58. The van der Waals surface area contributed by atoms with E-state index in [0.717, 1.165) is 19.3 Å². The first-order valence-corrected chi connectivity index (χ1v) is 13.3. The minimum absolute atomic E-state index is 0.183. The summed E-state index contributed by atoms with van der Waals surface area (Å²) in [7, 11) is -3.58. The van der Waals surface area contributed by atoms with E-state index in [1.165, 1.54) is 16.4 Å². The average molecular weight is 500 g/mol. The van der Waals surface area contributed by atoms with Crippen molar-refractivity contribution in [1.29, 1.82) is 5.26 Å². The molecule has 2 aliphatic rings. The van der Waals surface area contributed by atoms with Crippen LogP contribution in [0.1, 0.15) is 31.7 Å². The monoisotopic (exact) mass is 499 g/mol. The number of carbonyl (C=O) groups is 1. The first-order valence-electron chi connectivity index (χ1n) is 11.9. The number of nitrogens with zero attached hydrogens (tertiary/aromatic N) is 4. The molecule has 2 aromatic carbocycles. The molecule has 0 saturated carbocycles. The molecule has 10 heteroatoms. The Kier molecular flexibility index (Phi) is 7.69. The SMILES string of the molecule is CC(C(=O)Nc1cccc(S(=O)(=O)N2CCCCC2)c1)N1CCN(c2ccc(C#N)cc2F)CC1. The lowest BCUT2D eigenvalue weighted by atomic mass is 10.1. The molecule has 1 atom stereocenters. The van der Waals surface area contributed by atoms with E-state index in [-0.39, 0.29) is 16.4 Å².